The average molecular weight is 994 g/mol. The van der Waals surface area contributed by atoms with E-state index in [0.29, 0.717) is 55.9 Å². The number of nitrogens with zero attached hydrogens (tertiary/aromatic N) is 5. The Bertz CT molecular complexity index is 2340. The van der Waals surface area contributed by atoms with E-state index in [9.17, 15) is 28.4 Å². The lowest BCUT2D eigenvalue weighted by Crippen LogP contribution is -2.32. The zero-order chi connectivity index (χ0) is 53.4. The number of halogens is 1. The maximum Gasteiger partial charge on any atom is 0.237 e. The number of ether oxygens (including phenoxy) is 1. The minimum Gasteiger partial charge on any atom is -0.474 e. The highest BCUT2D eigenvalue weighted by Gasteiger charge is 2.37. The molecule has 0 spiro atoms. The highest BCUT2D eigenvalue weighted by Crippen LogP contribution is 2.42. The van der Waals surface area contributed by atoms with E-state index in [2.05, 4.69) is 59.3 Å². The van der Waals surface area contributed by atoms with E-state index in [0.717, 1.165) is 99.4 Å². The molecule has 2 N–H and O–H groups in total. The van der Waals surface area contributed by atoms with Crippen molar-refractivity contribution in [1.82, 2.24) is 14.9 Å². The molecule has 2 aromatic carbocycles. The molecular weight excluding hydrogens is 910 g/mol. The van der Waals surface area contributed by atoms with E-state index >= 15 is 0 Å². The van der Waals surface area contributed by atoms with Crippen LogP contribution in [0.1, 0.15) is 150 Å². The lowest BCUT2D eigenvalue weighted by atomic mass is 9.78. The molecule has 7 rings (SSSR count). The number of rotatable bonds is 19. The molecule has 3 aliphatic rings. The van der Waals surface area contributed by atoms with Crippen LogP contribution >= 0.6 is 0 Å². The molecule has 5 heterocycles. The number of ketones is 1. The van der Waals surface area contributed by atoms with Gasteiger partial charge in [0.15, 0.2) is 12.6 Å². The summed E-state index contributed by atoms with van der Waals surface area (Å²) in [5.74, 6) is 2.12. The second kappa shape index (κ2) is 30.8. The standard InChI is InChI=1S/C24H25N5O2.C20H28FNO2.C10H19NO2.2C2H6/c1-16-21(14-27-24-23(16)25-8-11-31-24)29-9-6-18-13-26-22(12-19(18)15-29)28-20-4-2-17(3-5-20)7-10-30;1-4-15(3)6-7-20(5-2)8-9-22(14-20)19-11-17(13-24)16(12-23)10-18(19)21;1-8(2)10(13)6-5-9(7-12)11(3)4;2*1-2/h2-5,10,12-14,25H,6-9,11,15H2,1H3,(H,26,28);10-13,15H,4-9,14H2,1-3H3;7-9H,5-6H2,1-4H3;2*1-2H3. The van der Waals surface area contributed by atoms with Crippen molar-refractivity contribution in [1.29, 1.82) is 0 Å². The summed E-state index contributed by atoms with van der Waals surface area (Å²) in [4.78, 5) is 70.0. The van der Waals surface area contributed by atoms with Gasteiger partial charge >= 0.3 is 0 Å². The molecule has 0 saturated carbocycles. The predicted molar refractivity (Wildman–Crippen MR) is 292 cm³/mol. The van der Waals surface area contributed by atoms with Crippen molar-refractivity contribution in [3.8, 4) is 5.88 Å². The fourth-order valence-corrected chi connectivity index (χ4v) is 8.84. The molecule has 3 aliphatic heterocycles. The van der Waals surface area contributed by atoms with Crippen molar-refractivity contribution in [2.45, 2.75) is 140 Å². The van der Waals surface area contributed by atoms with Gasteiger partial charge in [0.05, 0.1) is 23.6 Å². The van der Waals surface area contributed by atoms with Crippen molar-refractivity contribution in [3.63, 3.8) is 0 Å². The Morgan fingerprint density at radius 3 is 2.21 bits per heavy atom. The van der Waals surface area contributed by atoms with E-state index in [1.165, 1.54) is 41.7 Å². The average Bonchev–Trinajstić information content (AvgIpc) is 3.84. The van der Waals surface area contributed by atoms with Crippen molar-refractivity contribution in [2.75, 3.05) is 67.3 Å². The van der Waals surface area contributed by atoms with Crippen LogP contribution in [0.25, 0.3) is 0 Å². The van der Waals surface area contributed by atoms with Crippen LogP contribution in [0.2, 0.25) is 0 Å². The van der Waals surface area contributed by atoms with Gasteiger partial charge in [-0.3, -0.25) is 19.3 Å². The summed E-state index contributed by atoms with van der Waals surface area (Å²) in [7, 11) is 3.69. The number of pyridine rings is 2. The highest BCUT2D eigenvalue weighted by molar-refractivity contribution is 5.91. The van der Waals surface area contributed by atoms with Crippen LogP contribution in [0.5, 0.6) is 5.88 Å². The third-order valence-electron chi connectivity index (χ3n) is 13.9. The lowest BCUT2D eigenvalue weighted by Gasteiger charge is -2.33. The first-order valence-corrected chi connectivity index (χ1v) is 26.2. The smallest absolute Gasteiger partial charge is 0.237 e. The van der Waals surface area contributed by atoms with E-state index in [1.807, 2.05) is 102 Å². The number of carbonyl (C=O) groups excluding carboxylic acids is 5. The van der Waals surface area contributed by atoms with Crippen molar-refractivity contribution < 1.29 is 33.1 Å². The number of likely N-dealkylation sites (N-methyl/N-ethyl adjacent to an activating group) is 1. The van der Waals surface area contributed by atoms with E-state index in [4.69, 9.17) is 4.74 Å². The number of hydrogen-bond acceptors (Lipinski definition) is 13. The molecule has 1 fully saturated rings. The zero-order valence-electron chi connectivity index (χ0n) is 45.4. The van der Waals surface area contributed by atoms with Crippen LogP contribution in [-0.2, 0) is 33.8 Å². The van der Waals surface area contributed by atoms with Gasteiger partial charge in [0, 0.05) is 80.1 Å². The van der Waals surface area contributed by atoms with Gasteiger partial charge in [0.1, 0.15) is 42.3 Å². The van der Waals surface area contributed by atoms with Gasteiger partial charge < -0.3 is 34.8 Å². The minimum atomic E-state index is -0.420. The summed E-state index contributed by atoms with van der Waals surface area (Å²) < 4.78 is 20.1. The van der Waals surface area contributed by atoms with Crippen LogP contribution in [0.3, 0.4) is 0 Å². The largest absolute Gasteiger partial charge is 0.474 e. The zero-order valence-corrected chi connectivity index (χ0v) is 45.4. The van der Waals surface area contributed by atoms with Crippen LogP contribution in [0.4, 0.5) is 33.0 Å². The summed E-state index contributed by atoms with van der Waals surface area (Å²) in [6, 6.07) is 12.6. The molecule has 394 valence electrons. The van der Waals surface area contributed by atoms with Gasteiger partial charge in [-0.25, -0.2) is 14.4 Å². The molecular formula is C58H84FN7O6. The number of nitrogens with one attached hydrogen (secondary N) is 2. The maximum atomic E-state index is 14.4. The quantitative estimate of drug-likeness (QED) is 0.0857. The molecule has 13 nitrogen and oxygen atoms in total. The van der Waals surface area contributed by atoms with Gasteiger partial charge in [0.25, 0.3) is 0 Å². The Labute approximate surface area is 430 Å². The fraction of sp³-hybridized carbons (Fsp3) is 0.534. The first-order valence-electron chi connectivity index (χ1n) is 26.2. The molecule has 3 atom stereocenters. The van der Waals surface area contributed by atoms with Gasteiger partial charge in [-0.2, -0.15) is 0 Å². The monoisotopic (exact) mass is 994 g/mol. The van der Waals surface area contributed by atoms with Crippen LogP contribution < -0.4 is 25.2 Å². The molecule has 72 heavy (non-hydrogen) atoms. The van der Waals surface area contributed by atoms with E-state index in [-0.39, 0.29) is 34.3 Å². The number of anilines is 5. The summed E-state index contributed by atoms with van der Waals surface area (Å²) in [5, 5.41) is 6.80. The molecule has 0 aliphatic carbocycles. The molecule has 0 amide bonds. The molecule has 14 heteroatoms. The van der Waals surface area contributed by atoms with Gasteiger partial charge in [-0.1, -0.05) is 87.3 Å². The topological polar surface area (TPSA) is 154 Å². The van der Waals surface area contributed by atoms with Crippen molar-refractivity contribution in [2.24, 2.45) is 17.3 Å². The van der Waals surface area contributed by atoms with Gasteiger partial charge in [-0.05, 0) is 111 Å². The summed E-state index contributed by atoms with van der Waals surface area (Å²) in [5.41, 5.74) is 8.87. The van der Waals surface area contributed by atoms with Crippen LogP contribution in [-0.4, -0.2) is 98.7 Å². The van der Waals surface area contributed by atoms with Gasteiger partial charge in [-0.15, -0.1) is 0 Å². The lowest BCUT2D eigenvalue weighted by molar-refractivity contribution is -0.122. The molecule has 3 unspecified atom stereocenters. The third-order valence-corrected chi connectivity index (χ3v) is 13.9. The Hall–Kier alpha value is -6.02. The summed E-state index contributed by atoms with van der Waals surface area (Å²) in [6.45, 7) is 25.4. The third kappa shape index (κ3) is 17.1. The highest BCUT2D eigenvalue weighted by atomic mass is 19.1. The number of benzene rings is 2. The van der Waals surface area contributed by atoms with E-state index in [1.54, 1.807) is 0 Å². The van der Waals surface area contributed by atoms with Crippen LogP contribution in [0.15, 0.2) is 54.9 Å². The molecule has 1 saturated heterocycles. The molecule has 0 bridgehead atoms. The number of fused-ring (bicyclic) bond motifs is 2. The number of aromatic nitrogens is 2. The first kappa shape index (κ1) is 60.3. The number of hydrogen-bond donors (Lipinski definition) is 2. The Morgan fingerprint density at radius 2 is 1.60 bits per heavy atom. The molecule has 4 aromatic rings. The second-order valence-corrected chi connectivity index (χ2v) is 19.0. The fourth-order valence-electron chi connectivity index (χ4n) is 8.84. The predicted octanol–water partition coefficient (Wildman–Crippen LogP) is 11.7. The molecule has 2 aromatic heterocycles. The number of aldehydes is 4. The summed E-state index contributed by atoms with van der Waals surface area (Å²) in [6.07, 6.45) is 15.1. The maximum absolute atomic E-state index is 14.4. The normalized spacial score (nSPS) is 16.2. The molecule has 0 radical (unpaired) electrons. The number of Topliss-reactive ketones (excluding diaryl/α,β-unsaturated/α-hetero) is 1. The second-order valence-electron chi connectivity index (χ2n) is 19.0. The Morgan fingerprint density at radius 1 is 0.903 bits per heavy atom. The van der Waals surface area contributed by atoms with Gasteiger partial charge in [0.2, 0.25) is 5.88 Å². The van der Waals surface area contributed by atoms with Crippen molar-refractivity contribution in [3.05, 3.63) is 94.1 Å². The first-order chi connectivity index (χ1) is 34.7. The number of carbonyl (C=O) groups is 5. The summed E-state index contributed by atoms with van der Waals surface area (Å²) >= 11 is 0. The van der Waals surface area contributed by atoms with Crippen molar-refractivity contribution >= 4 is 59.5 Å². The van der Waals surface area contributed by atoms with E-state index < -0.39 is 5.82 Å². The van der Waals surface area contributed by atoms with Crippen LogP contribution in [0, 0.1) is 30.0 Å². The SMILES string of the molecule is CC.CC.CC(C)C(=O)CCC(C=O)N(C)C.CCC(C)CCC1(CC)CCN(c2cc(C=O)c(C=O)cc2F)C1.Cc1c(N2CCc3cnc(Nc4ccc(CC=O)cc4)cc3C2)cnc2c1NCCO2. The Balaban J connectivity index is 0.000000297. The minimum absolute atomic E-state index is 0.0782. The Kier molecular flexibility index (Phi) is 25.8.